The third-order valence-corrected chi connectivity index (χ3v) is 6.34. The lowest BCUT2D eigenvalue weighted by atomic mass is 10.0. The minimum Gasteiger partial charge on any atom is -0.346 e. The van der Waals surface area contributed by atoms with E-state index in [-0.39, 0.29) is 17.5 Å². The first kappa shape index (κ1) is 23.9. The number of nitrogens with zero attached hydrogens (tertiary/aromatic N) is 7. The summed E-state index contributed by atoms with van der Waals surface area (Å²) in [5.41, 5.74) is 5.87. The molecule has 11 nitrogen and oxygen atoms in total. The van der Waals surface area contributed by atoms with Crippen LogP contribution in [0.1, 0.15) is 37.8 Å². The van der Waals surface area contributed by atoms with E-state index in [9.17, 15) is 9.59 Å². The molecule has 0 aliphatic rings. The fourth-order valence-corrected chi connectivity index (χ4v) is 4.45. The first-order valence-corrected chi connectivity index (χ1v) is 11.7. The zero-order valence-corrected chi connectivity index (χ0v) is 21.3. The lowest BCUT2D eigenvalue weighted by Gasteiger charge is -2.12. The summed E-state index contributed by atoms with van der Waals surface area (Å²) in [6.07, 6.45) is 4.98. The SMILES string of the molecule is Cc1nn(C)c(C)c1-c1cc(C(=O)Nc2cnn(C)c2C(=O)NCc2cnn(C)c2)c2ccccc2n1. The van der Waals surface area contributed by atoms with Crippen LogP contribution in [0.25, 0.3) is 22.2 Å². The number of pyridine rings is 1. The van der Waals surface area contributed by atoms with Gasteiger partial charge in [-0.1, -0.05) is 18.2 Å². The molecule has 0 saturated carbocycles. The average molecular weight is 498 g/mol. The van der Waals surface area contributed by atoms with Gasteiger partial charge in [-0.2, -0.15) is 15.3 Å². The van der Waals surface area contributed by atoms with Crippen molar-refractivity contribution in [1.29, 1.82) is 0 Å². The van der Waals surface area contributed by atoms with Crippen LogP contribution < -0.4 is 10.6 Å². The van der Waals surface area contributed by atoms with Crippen molar-refractivity contribution in [1.82, 2.24) is 39.6 Å². The number of aryl methyl sites for hydroxylation is 4. The van der Waals surface area contributed by atoms with Crippen molar-refractivity contribution < 1.29 is 9.59 Å². The molecule has 0 radical (unpaired) electrons. The van der Waals surface area contributed by atoms with Gasteiger partial charge in [0, 0.05) is 56.1 Å². The number of aromatic nitrogens is 7. The maximum Gasteiger partial charge on any atom is 0.271 e. The highest BCUT2D eigenvalue weighted by Crippen LogP contribution is 2.30. The van der Waals surface area contributed by atoms with Crippen LogP contribution in [-0.4, -0.2) is 46.1 Å². The highest BCUT2D eigenvalue weighted by Gasteiger charge is 2.22. The van der Waals surface area contributed by atoms with Crippen LogP contribution in [0.2, 0.25) is 0 Å². The largest absolute Gasteiger partial charge is 0.346 e. The van der Waals surface area contributed by atoms with Crippen molar-refractivity contribution in [2.24, 2.45) is 21.1 Å². The van der Waals surface area contributed by atoms with Gasteiger partial charge in [0.25, 0.3) is 11.8 Å². The topological polar surface area (TPSA) is 125 Å². The molecule has 0 aliphatic heterocycles. The van der Waals surface area contributed by atoms with Gasteiger partial charge in [-0.3, -0.25) is 23.6 Å². The minimum absolute atomic E-state index is 0.245. The van der Waals surface area contributed by atoms with Crippen molar-refractivity contribution in [3.63, 3.8) is 0 Å². The molecule has 0 aliphatic carbocycles. The molecule has 0 saturated heterocycles. The number of hydrogen-bond acceptors (Lipinski definition) is 6. The quantitative estimate of drug-likeness (QED) is 0.372. The van der Waals surface area contributed by atoms with Gasteiger partial charge in [-0.05, 0) is 26.0 Å². The Hall–Kier alpha value is -4.80. The average Bonchev–Trinajstić information content (AvgIpc) is 3.53. The Bertz CT molecular complexity index is 1660. The molecule has 0 bridgehead atoms. The van der Waals surface area contributed by atoms with Gasteiger partial charge in [0.1, 0.15) is 5.69 Å². The van der Waals surface area contributed by atoms with Crippen molar-refractivity contribution in [2.75, 3.05) is 5.32 Å². The monoisotopic (exact) mass is 497 g/mol. The Kier molecular flexibility index (Phi) is 6.04. The van der Waals surface area contributed by atoms with Gasteiger partial charge in [0.15, 0.2) is 0 Å². The Morgan fingerprint density at radius 2 is 1.76 bits per heavy atom. The zero-order valence-electron chi connectivity index (χ0n) is 21.3. The zero-order chi connectivity index (χ0) is 26.3. The molecular weight excluding hydrogens is 470 g/mol. The molecule has 1 aromatic carbocycles. The van der Waals surface area contributed by atoms with E-state index in [1.54, 1.807) is 28.7 Å². The Balaban J connectivity index is 1.48. The third-order valence-electron chi connectivity index (χ3n) is 6.34. The van der Waals surface area contributed by atoms with Crippen molar-refractivity contribution in [3.8, 4) is 11.3 Å². The fraction of sp³-hybridized carbons (Fsp3) is 0.231. The number of carbonyl (C=O) groups excluding carboxylic acids is 2. The number of amides is 2. The standard InChI is InChI=1S/C26H27N9O2/c1-15-23(16(2)34(4)32-15)21-10-19(18-8-6-7-9-20(18)30-21)25(36)31-22-13-29-35(5)24(22)26(37)27-11-17-12-28-33(3)14-17/h6-10,12-14H,11H2,1-5H3,(H,27,37)(H,31,36). The van der Waals surface area contributed by atoms with Crippen molar-refractivity contribution >= 4 is 28.4 Å². The van der Waals surface area contributed by atoms with Gasteiger partial charge >= 0.3 is 0 Å². The molecule has 4 aromatic heterocycles. The lowest BCUT2D eigenvalue weighted by Crippen LogP contribution is -2.26. The lowest BCUT2D eigenvalue weighted by molar-refractivity contribution is 0.0942. The number of fused-ring (bicyclic) bond motifs is 1. The second-order valence-electron chi connectivity index (χ2n) is 8.93. The van der Waals surface area contributed by atoms with Gasteiger partial charge in [0.2, 0.25) is 0 Å². The summed E-state index contributed by atoms with van der Waals surface area (Å²) in [6, 6.07) is 9.25. The van der Waals surface area contributed by atoms with Crippen LogP contribution in [0.3, 0.4) is 0 Å². The molecule has 5 aromatic rings. The summed E-state index contributed by atoms with van der Waals surface area (Å²) in [4.78, 5) is 31.4. The molecule has 0 unspecified atom stereocenters. The fourth-order valence-electron chi connectivity index (χ4n) is 4.45. The Morgan fingerprint density at radius 3 is 2.46 bits per heavy atom. The van der Waals surface area contributed by atoms with Crippen LogP contribution in [0.5, 0.6) is 0 Å². The third kappa shape index (κ3) is 4.46. The number of benzene rings is 1. The summed E-state index contributed by atoms with van der Waals surface area (Å²) < 4.78 is 4.90. The number of rotatable bonds is 6. The van der Waals surface area contributed by atoms with E-state index in [1.165, 1.54) is 10.9 Å². The molecular formula is C26H27N9O2. The van der Waals surface area contributed by atoms with Crippen molar-refractivity contribution in [2.45, 2.75) is 20.4 Å². The summed E-state index contributed by atoms with van der Waals surface area (Å²) in [6.45, 7) is 4.19. The van der Waals surface area contributed by atoms with Crippen LogP contribution in [0.4, 0.5) is 5.69 Å². The molecule has 188 valence electrons. The van der Waals surface area contributed by atoms with Crippen molar-refractivity contribution in [3.05, 3.63) is 77.1 Å². The summed E-state index contributed by atoms with van der Waals surface area (Å²) >= 11 is 0. The summed E-state index contributed by atoms with van der Waals surface area (Å²) in [5.74, 6) is -0.727. The Labute approximate surface area is 213 Å². The van der Waals surface area contributed by atoms with E-state index in [1.807, 2.05) is 58.4 Å². The molecule has 37 heavy (non-hydrogen) atoms. The number of hydrogen-bond donors (Lipinski definition) is 2. The summed E-state index contributed by atoms with van der Waals surface area (Å²) in [7, 11) is 5.34. The highest BCUT2D eigenvalue weighted by atomic mass is 16.2. The molecule has 0 fully saturated rings. The Morgan fingerprint density at radius 1 is 0.973 bits per heavy atom. The first-order valence-electron chi connectivity index (χ1n) is 11.7. The summed E-state index contributed by atoms with van der Waals surface area (Å²) in [5, 5.41) is 19.3. The minimum atomic E-state index is -0.367. The highest BCUT2D eigenvalue weighted by molar-refractivity contribution is 6.14. The maximum atomic E-state index is 13.6. The molecule has 5 rings (SSSR count). The predicted octanol–water partition coefficient (Wildman–Crippen LogP) is 2.90. The molecule has 2 amide bonds. The second kappa shape index (κ2) is 9.34. The van der Waals surface area contributed by atoms with E-state index < -0.39 is 0 Å². The van der Waals surface area contributed by atoms with Crippen LogP contribution >= 0.6 is 0 Å². The molecule has 2 N–H and O–H groups in total. The van der Waals surface area contributed by atoms with E-state index in [0.29, 0.717) is 34.4 Å². The molecule has 0 spiro atoms. The van der Waals surface area contributed by atoms with Gasteiger partial charge in [-0.25, -0.2) is 4.98 Å². The van der Waals surface area contributed by atoms with E-state index in [2.05, 4.69) is 25.9 Å². The number of carbonyl (C=O) groups is 2. The van der Waals surface area contributed by atoms with Crippen LogP contribution in [-0.2, 0) is 27.7 Å². The predicted molar refractivity (Wildman–Crippen MR) is 139 cm³/mol. The van der Waals surface area contributed by atoms with Gasteiger partial charge in [0.05, 0.1) is 40.5 Å². The number of anilines is 1. The van der Waals surface area contributed by atoms with Gasteiger partial charge < -0.3 is 10.6 Å². The van der Waals surface area contributed by atoms with E-state index in [0.717, 1.165) is 22.5 Å². The smallest absolute Gasteiger partial charge is 0.271 e. The van der Waals surface area contributed by atoms with Crippen LogP contribution in [0, 0.1) is 13.8 Å². The normalized spacial score (nSPS) is 11.2. The molecule has 4 heterocycles. The second-order valence-corrected chi connectivity index (χ2v) is 8.93. The number of para-hydroxylation sites is 1. The maximum absolute atomic E-state index is 13.6. The van der Waals surface area contributed by atoms with E-state index in [4.69, 9.17) is 4.98 Å². The molecule has 0 atom stereocenters. The van der Waals surface area contributed by atoms with Gasteiger partial charge in [-0.15, -0.1) is 0 Å². The number of nitrogens with one attached hydrogen (secondary N) is 2. The van der Waals surface area contributed by atoms with E-state index >= 15 is 0 Å². The first-order chi connectivity index (χ1) is 17.7. The van der Waals surface area contributed by atoms with Crippen LogP contribution in [0.15, 0.2) is 48.9 Å². The molecule has 11 heteroatoms.